The van der Waals surface area contributed by atoms with E-state index >= 15 is 0 Å². The van der Waals surface area contributed by atoms with E-state index in [2.05, 4.69) is 35.8 Å². The van der Waals surface area contributed by atoms with Gasteiger partial charge < -0.3 is 0 Å². The van der Waals surface area contributed by atoms with Crippen molar-refractivity contribution in [3.05, 3.63) is 69.2 Å². The van der Waals surface area contributed by atoms with Gasteiger partial charge in [0, 0.05) is 15.6 Å². The highest BCUT2D eigenvalue weighted by molar-refractivity contribution is 9.10. The van der Waals surface area contributed by atoms with Crippen molar-refractivity contribution in [1.29, 1.82) is 0 Å². The van der Waals surface area contributed by atoms with E-state index in [1.807, 2.05) is 43.3 Å². The van der Waals surface area contributed by atoms with Crippen molar-refractivity contribution in [2.24, 2.45) is 5.92 Å². The molecule has 20 heavy (non-hydrogen) atoms. The van der Waals surface area contributed by atoms with Gasteiger partial charge in [-0.25, -0.2) is 0 Å². The lowest BCUT2D eigenvalue weighted by molar-refractivity contribution is 0.103. The molecular formula is C18H19BrO. The molecule has 2 heteroatoms. The molecule has 0 amide bonds. The number of ketones is 1. The van der Waals surface area contributed by atoms with Crippen LogP contribution in [0.15, 0.2) is 46.9 Å². The highest BCUT2D eigenvalue weighted by Crippen LogP contribution is 2.22. The first-order valence-electron chi connectivity index (χ1n) is 6.87. The van der Waals surface area contributed by atoms with Crippen molar-refractivity contribution < 1.29 is 4.79 Å². The molecule has 1 nitrogen and oxygen atoms in total. The molecule has 2 aromatic rings. The van der Waals surface area contributed by atoms with Crippen molar-refractivity contribution in [1.82, 2.24) is 0 Å². The Labute approximate surface area is 129 Å². The molecular weight excluding hydrogens is 312 g/mol. The topological polar surface area (TPSA) is 17.1 Å². The van der Waals surface area contributed by atoms with Crippen LogP contribution < -0.4 is 0 Å². The van der Waals surface area contributed by atoms with Gasteiger partial charge in [0.2, 0.25) is 0 Å². The predicted molar refractivity (Wildman–Crippen MR) is 87.3 cm³/mol. The summed E-state index contributed by atoms with van der Waals surface area (Å²) in [5.74, 6) is 0.683. The number of hydrogen-bond donors (Lipinski definition) is 0. The Morgan fingerprint density at radius 2 is 1.85 bits per heavy atom. The van der Waals surface area contributed by atoms with Crippen LogP contribution in [0.2, 0.25) is 0 Å². The quantitative estimate of drug-likeness (QED) is 0.705. The Hall–Kier alpha value is -1.41. The Morgan fingerprint density at radius 3 is 2.55 bits per heavy atom. The summed E-state index contributed by atoms with van der Waals surface area (Å²) in [5.41, 5.74) is 3.75. The lowest BCUT2D eigenvalue weighted by atomic mass is 9.95. The third-order valence-corrected chi connectivity index (χ3v) is 4.20. The fourth-order valence-corrected chi connectivity index (χ4v) is 2.69. The summed E-state index contributed by atoms with van der Waals surface area (Å²) in [6.45, 7) is 6.34. The molecule has 0 radical (unpaired) electrons. The summed E-state index contributed by atoms with van der Waals surface area (Å²) in [7, 11) is 0. The monoisotopic (exact) mass is 330 g/mol. The van der Waals surface area contributed by atoms with Gasteiger partial charge in [-0.2, -0.15) is 0 Å². The van der Waals surface area contributed by atoms with Crippen molar-refractivity contribution >= 4 is 21.7 Å². The molecule has 0 aliphatic rings. The molecule has 0 aromatic heterocycles. The second-order valence-electron chi connectivity index (χ2n) is 5.54. The molecule has 0 atom stereocenters. The Bertz CT molecular complexity index is 629. The van der Waals surface area contributed by atoms with Gasteiger partial charge in [0.25, 0.3) is 0 Å². The number of halogens is 1. The zero-order chi connectivity index (χ0) is 14.7. The maximum absolute atomic E-state index is 12.6. The van der Waals surface area contributed by atoms with Gasteiger partial charge in [0.1, 0.15) is 0 Å². The molecule has 0 bridgehead atoms. The number of hydrogen-bond acceptors (Lipinski definition) is 1. The molecule has 0 saturated carbocycles. The highest BCUT2D eigenvalue weighted by Gasteiger charge is 2.13. The van der Waals surface area contributed by atoms with Crippen LogP contribution in [0.25, 0.3) is 0 Å². The van der Waals surface area contributed by atoms with Gasteiger partial charge >= 0.3 is 0 Å². The summed E-state index contributed by atoms with van der Waals surface area (Å²) in [5, 5.41) is 0. The minimum atomic E-state index is 0.0920. The minimum absolute atomic E-state index is 0.0920. The van der Waals surface area contributed by atoms with Crippen molar-refractivity contribution in [3.8, 4) is 0 Å². The third-order valence-electron chi connectivity index (χ3n) is 3.35. The van der Waals surface area contributed by atoms with E-state index < -0.39 is 0 Å². The van der Waals surface area contributed by atoms with Crippen LogP contribution in [0.1, 0.15) is 40.9 Å². The SMILES string of the molecule is Cc1c(Br)cccc1C(=O)c1cccc(CC(C)C)c1. The Kier molecular flexibility index (Phi) is 4.77. The summed E-state index contributed by atoms with van der Waals surface area (Å²) in [4.78, 5) is 12.6. The van der Waals surface area contributed by atoms with Crippen molar-refractivity contribution in [2.75, 3.05) is 0 Å². The van der Waals surface area contributed by atoms with Gasteiger partial charge in [-0.3, -0.25) is 4.79 Å². The summed E-state index contributed by atoms with van der Waals surface area (Å²) >= 11 is 3.48. The number of benzene rings is 2. The Morgan fingerprint density at radius 1 is 1.15 bits per heavy atom. The van der Waals surface area contributed by atoms with E-state index in [9.17, 15) is 4.79 Å². The van der Waals surface area contributed by atoms with Crippen LogP contribution in [0.4, 0.5) is 0 Å². The number of rotatable bonds is 4. The largest absolute Gasteiger partial charge is 0.289 e. The first-order chi connectivity index (χ1) is 9.49. The molecule has 0 spiro atoms. The molecule has 0 unspecified atom stereocenters. The fourth-order valence-electron chi connectivity index (χ4n) is 2.32. The van der Waals surface area contributed by atoms with E-state index in [-0.39, 0.29) is 5.78 Å². The fraction of sp³-hybridized carbons (Fsp3) is 0.278. The molecule has 0 aliphatic heterocycles. The third kappa shape index (κ3) is 3.37. The van der Waals surface area contributed by atoms with Crippen LogP contribution in [-0.2, 0) is 6.42 Å². The predicted octanol–water partition coefficient (Wildman–Crippen LogP) is 5.19. The molecule has 104 valence electrons. The van der Waals surface area contributed by atoms with Crippen LogP contribution >= 0.6 is 15.9 Å². The normalized spacial score (nSPS) is 10.8. The lowest BCUT2D eigenvalue weighted by Gasteiger charge is -2.09. The summed E-state index contributed by atoms with van der Waals surface area (Å²) < 4.78 is 0.974. The second kappa shape index (κ2) is 6.36. The molecule has 0 saturated heterocycles. The standard InChI is InChI=1S/C18H19BrO/c1-12(2)10-14-6-4-7-15(11-14)18(20)16-8-5-9-17(19)13(16)3/h4-9,11-12H,10H2,1-3H3. The van der Waals surface area contributed by atoms with Gasteiger partial charge in [-0.05, 0) is 42.5 Å². The molecule has 0 aliphatic carbocycles. The van der Waals surface area contributed by atoms with E-state index in [1.165, 1.54) is 5.56 Å². The zero-order valence-corrected chi connectivity index (χ0v) is 13.7. The van der Waals surface area contributed by atoms with Gasteiger partial charge in [-0.15, -0.1) is 0 Å². The maximum Gasteiger partial charge on any atom is 0.193 e. The van der Waals surface area contributed by atoms with Crippen molar-refractivity contribution in [3.63, 3.8) is 0 Å². The molecule has 2 rings (SSSR count). The zero-order valence-electron chi connectivity index (χ0n) is 12.1. The van der Waals surface area contributed by atoms with Gasteiger partial charge in [-0.1, -0.05) is 60.1 Å². The van der Waals surface area contributed by atoms with E-state index in [0.29, 0.717) is 5.92 Å². The molecule has 0 fully saturated rings. The van der Waals surface area contributed by atoms with Crippen LogP contribution in [-0.4, -0.2) is 5.78 Å². The summed E-state index contributed by atoms with van der Waals surface area (Å²) in [6, 6.07) is 13.7. The molecule has 2 aromatic carbocycles. The first-order valence-corrected chi connectivity index (χ1v) is 7.67. The summed E-state index contributed by atoms with van der Waals surface area (Å²) in [6.07, 6.45) is 0.999. The Balaban J connectivity index is 2.36. The van der Waals surface area contributed by atoms with E-state index in [1.54, 1.807) is 0 Å². The first kappa shape index (κ1) is 15.0. The minimum Gasteiger partial charge on any atom is -0.289 e. The second-order valence-corrected chi connectivity index (χ2v) is 6.39. The van der Waals surface area contributed by atoms with E-state index in [4.69, 9.17) is 0 Å². The lowest BCUT2D eigenvalue weighted by Crippen LogP contribution is -2.05. The van der Waals surface area contributed by atoms with Gasteiger partial charge in [0.05, 0.1) is 0 Å². The van der Waals surface area contributed by atoms with Gasteiger partial charge in [0.15, 0.2) is 5.78 Å². The average Bonchev–Trinajstić information content (AvgIpc) is 2.41. The average molecular weight is 331 g/mol. The molecule has 0 N–H and O–H groups in total. The van der Waals surface area contributed by atoms with Crippen LogP contribution in [0.3, 0.4) is 0 Å². The van der Waals surface area contributed by atoms with Crippen LogP contribution in [0, 0.1) is 12.8 Å². The number of carbonyl (C=O) groups excluding carboxylic acids is 1. The van der Waals surface area contributed by atoms with E-state index in [0.717, 1.165) is 27.6 Å². The van der Waals surface area contributed by atoms with Crippen molar-refractivity contribution in [2.45, 2.75) is 27.2 Å². The highest BCUT2D eigenvalue weighted by atomic mass is 79.9. The molecule has 0 heterocycles. The van der Waals surface area contributed by atoms with Crippen LogP contribution in [0.5, 0.6) is 0 Å². The maximum atomic E-state index is 12.6. The smallest absolute Gasteiger partial charge is 0.193 e. The number of carbonyl (C=O) groups is 1.